The number of alkyl halides is 2. The van der Waals surface area contributed by atoms with Crippen LogP contribution in [0.3, 0.4) is 0 Å². The fraction of sp³-hybridized carbons (Fsp3) is 0.250. The number of nitriles is 1. The van der Waals surface area contributed by atoms with Crippen LogP contribution in [0.25, 0.3) is 0 Å². The van der Waals surface area contributed by atoms with Crippen molar-refractivity contribution in [1.82, 2.24) is 10.2 Å². The van der Waals surface area contributed by atoms with Crippen LogP contribution in [0.5, 0.6) is 11.5 Å². The standard InChI is InChI=1S/C20H19F2N3O6S/c1-25(12-23)19(28)16(24-18(27)13-6-8-15(26)9-7-13)11-32(29,30)10-14-4-2-3-5-17(14)31-20(21)22/h2-9,16,20,26H,10-11H2,1H3,(H,24,27)/t16-/m0/s1. The number of ether oxygens (including phenoxy) is 1. The van der Waals surface area contributed by atoms with Gasteiger partial charge in [0.25, 0.3) is 11.8 Å². The van der Waals surface area contributed by atoms with Gasteiger partial charge < -0.3 is 15.2 Å². The average molecular weight is 467 g/mol. The number of nitrogens with one attached hydrogen (secondary N) is 1. The molecule has 170 valence electrons. The number of amides is 2. The minimum Gasteiger partial charge on any atom is -0.508 e. The monoisotopic (exact) mass is 467 g/mol. The van der Waals surface area contributed by atoms with Crippen molar-refractivity contribution >= 4 is 21.7 Å². The summed E-state index contributed by atoms with van der Waals surface area (Å²) < 4.78 is 55.0. The number of para-hydroxylation sites is 1. The summed E-state index contributed by atoms with van der Waals surface area (Å²) in [5, 5.41) is 20.5. The molecule has 0 aliphatic carbocycles. The van der Waals surface area contributed by atoms with Crippen molar-refractivity contribution in [3.63, 3.8) is 0 Å². The average Bonchev–Trinajstić information content (AvgIpc) is 2.73. The number of carbonyl (C=O) groups excluding carboxylic acids is 2. The number of carbonyl (C=O) groups is 2. The molecule has 0 aliphatic rings. The van der Waals surface area contributed by atoms with E-state index >= 15 is 0 Å². The van der Waals surface area contributed by atoms with E-state index in [0.29, 0.717) is 4.90 Å². The van der Waals surface area contributed by atoms with Crippen LogP contribution in [0.2, 0.25) is 0 Å². The lowest BCUT2D eigenvalue weighted by atomic mass is 10.2. The first-order chi connectivity index (χ1) is 15.0. The Morgan fingerprint density at radius 2 is 1.81 bits per heavy atom. The number of hydrogen-bond acceptors (Lipinski definition) is 7. The summed E-state index contributed by atoms with van der Waals surface area (Å²) in [4.78, 5) is 25.5. The predicted octanol–water partition coefficient (Wildman–Crippen LogP) is 1.65. The first-order valence-corrected chi connectivity index (χ1v) is 10.8. The molecule has 2 aromatic rings. The Morgan fingerprint density at radius 3 is 2.41 bits per heavy atom. The molecule has 0 aliphatic heterocycles. The van der Waals surface area contributed by atoms with Crippen LogP contribution >= 0.6 is 0 Å². The fourth-order valence-corrected chi connectivity index (χ4v) is 4.26. The first-order valence-electron chi connectivity index (χ1n) is 9.02. The van der Waals surface area contributed by atoms with Gasteiger partial charge in [0.2, 0.25) is 0 Å². The van der Waals surface area contributed by atoms with Gasteiger partial charge in [0, 0.05) is 18.2 Å². The van der Waals surface area contributed by atoms with Gasteiger partial charge >= 0.3 is 6.61 Å². The zero-order valence-corrected chi connectivity index (χ0v) is 17.6. The van der Waals surface area contributed by atoms with Crippen molar-refractivity contribution in [2.24, 2.45) is 0 Å². The van der Waals surface area contributed by atoms with Gasteiger partial charge in [-0.3, -0.25) is 14.5 Å². The number of phenols is 1. The van der Waals surface area contributed by atoms with Crippen molar-refractivity contribution < 1.29 is 36.6 Å². The zero-order valence-electron chi connectivity index (χ0n) is 16.7. The largest absolute Gasteiger partial charge is 0.508 e. The molecule has 0 radical (unpaired) electrons. The number of hydrogen-bond donors (Lipinski definition) is 2. The molecule has 12 heteroatoms. The Labute approximate surface area is 182 Å². The summed E-state index contributed by atoms with van der Waals surface area (Å²) in [6.45, 7) is -3.16. The van der Waals surface area contributed by atoms with Gasteiger partial charge in [-0.25, -0.2) is 8.42 Å². The number of benzene rings is 2. The summed E-state index contributed by atoms with van der Waals surface area (Å²) in [6, 6.07) is 8.61. The van der Waals surface area contributed by atoms with E-state index in [1.54, 1.807) is 0 Å². The molecule has 0 fully saturated rings. The van der Waals surface area contributed by atoms with Gasteiger partial charge in [-0.05, 0) is 30.3 Å². The molecule has 0 heterocycles. The quantitative estimate of drug-likeness (QED) is 0.423. The maximum absolute atomic E-state index is 12.7. The maximum Gasteiger partial charge on any atom is 0.387 e. The summed E-state index contributed by atoms with van der Waals surface area (Å²) in [6.07, 6.45) is 1.53. The van der Waals surface area contributed by atoms with E-state index in [1.807, 2.05) is 0 Å². The third-order valence-electron chi connectivity index (χ3n) is 4.20. The topological polar surface area (TPSA) is 137 Å². The molecule has 0 bridgehead atoms. The number of rotatable bonds is 9. The highest BCUT2D eigenvalue weighted by molar-refractivity contribution is 7.90. The van der Waals surface area contributed by atoms with E-state index < -0.39 is 45.8 Å². The molecule has 0 saturated heterocycles. The van der Waals surface area contributed by atoms with Crippen LogP contribution in [0.15, 0.2) is 48.5 Å². The minimum absolute atomic E-state index is 0.0355. The van der Waals surface area contributed by atoms with E-state index in [2.05, 4.69) is 10.1 Å². The third kappa shape index (κ3) is 6.92. The summed E-state index contributed by atoms with van der Waals surface area (Å²) in [7, 11) is -3.05. The minimum atomic E-state index is -4.15. The number of likely N-dealkylation sites (N-methyl/N-ethyl adjacent to an activating group) is 1. The molecule has 2 amide bonds. The molecular weight excluding hydrogens is 448 g/mol. The second kappa shape index (κ2) is 10.5. The number of phenolic OH excluding ortho intramolecular Hbond substituents is 1. The van der Waals surface area contributed by atoms with Gasteiger partial charge in [-0.2, -0.15) is 14.0 Å². The Morgan fingerprint density at radius 1 is 1.19 bits per heavy atom. The molecule has 2 rings (SSSR count). The normalized spacial score (nSPS) is 12.0. The van der Waals surface area contributed by atoms with Crippen molar-refractivity contribution in [1.29, 1.82) is 5.26 Å². The number of nitrogens with zero attached hydrogens (tertiary/aromatic N) is 2. The molecule has 2 N–H and O–H groups in total. The van der Waals surface area contributed by atoms with Gasteiger partial charge in [-0.15, -0.1) is 0 Å². The molecule has 2 aromatic carbocycles. The van der Waals surface area contributed by atoms with Gasteiger partial charge in [-0.1, -0.05) is 18.2 Å². The molecule has 0 aromatic heterocycles. The van der Waals surface area contributed by atoms with Crippen LogP contribution in [0, 0.1) is 11.5 Å². The van der Waals surface area contributed by atoms with Crippen LogP contribution in [-0.2, 0) is 20.4 Å². The molecular formula is C20H19F2N3O6S. The van der Waals surface area contributed by atoms with Gasteiger partial charge in [0.1, 0.15) is 17.5 Å². The Kier molecular flexibility index (Phi) is 8.09. The van der Waals surface area contributed by atoms with Crippen LogP contribution in [-0.4, -0.2) is 55.7 Å². The van der Waals surface area contributed by atoms with Gasteiger partial charge in [0.05, 0.1) is 11.5 Å². The summed E-state index contributed by atoms with van der Waals surface area (Å²) >= 11 is 0. The van der Waals surface area contributed by atoms with Crippen LogP contribution in [0.1, 0.15) is 15.9 Å². The third-order valence-corrected chi connectivity index (χ3v) is 5.79. The van der Waals surface area contributed by atoms with Crippen LogP contribution in [0.4, 0.5) is 8.78 Å². The molecule has 0 spiro atoms. The lowest BCUT2D eigenvalue weighted by Crippen LogP contribution is -2.50. The summed E-state index contributed by atoms with van der Waals surface area (Å²) in [5.41, 5.74) is -0.0224. The fourth-order valence-electron chi connectivity index (χ4n) is 2.70. The zero-order chi connectivity index (χ0) is 23.9. The molecule has 0 saturated carbocycles. The van der Waals surface area contributed by atoms with E-state index in [9.17, 15) is 31.9 Å². The number of halogens is 2. The maximum atomic E-state index is 12.7. The summed E-state index contributed by atoms with van der Waals surface area (Å²) in [5.74, 6) is -3.89. The van der Waals surface area contributed by atoms with Crippen molar-refractivity contribution in [2.75, 3.05) is 12.8 Å². The molecule has 1 atom stereocenters. The SMILES string of the molecule is CN(C#N)C(=O)[C@H](CS(=O)(=O)Cc1ccccc1OC(F)F)NC(=O)c1ccc(O)cc1. The van der Waals surface area contributed by atoms with Crippen molar-refractivity contribution in [3.8, 4) is 17.7 Å². The molecule has 9 nitrogen and oxygen atoms in total. The molecule has 32 heavy (non-hydrogen) atoms. The van der Waals surface area contributed by atoms with Crippen LogP contribution < -0.4 is 10.1 Å². The van der Waals surface area contributed by atoms with E-state index in [-0.39, 0.29) is 22.6 Å². The Hall–Kier alpha value is -3.72. The molecule has 0 unspecified atom stereocenters. The number of sulfone groups is 1. The highest BCUT2D eigenvalue weighted by Crippen LogP contribution is 2.23. The number of aromatic hydroxyl groups is 1. The van der Waals surface area contributed by atoms with E-state index in [0.717, 1.165) is 7.05 Å². The second-order valence-electron chi connectivity index (χ2n) is 6.61. The highest BCUT2D eigenvalue weighted by Gasteiger charge is 2.30. The van der Waals surface area contributed by atoms with Crippen molar-refractivity contribution in [3.05, 3.63) is 59.7 Å². The highest BCUT2D eigenvalue weighted by atomic mass is 32.2. The lowest BCUT2D eigenvalue weighted by molar-refractivity contribution is -0.128. The van der Waals surface area contributed by atoms with Crippen molar-refractivity contribution in [2.45, 2.75) is 18.4 Å². The predicted molar refractivity (Wildman–Crippen MR) is 108 cm³/mol. The van der Waals surface area contributed by atoms with E-state index in [1.165, 1.54) is 54.7 Å². The van der Waals surface area contributed by atoms with Gasteiger partial charge in [0.15, 0.2) is 16.0 Å². The Balaban J connectivity index is 2.26. The second-order valence-corrected chi connectivity index (χ2v) is 8.72. The lowest BCUT2D eigenvalue weighted by Gasteiger charge is -2.20. The Bertz CT molecular complexity index is 1120. The van der Waals surface area contributed by atoms with E-state index in [4.69, 9.17) is 5.26 Å². The smallest absolute Gasteiger partial charge is 0.387 e. The first kappa shape index (κ1) is 24.5.